The molecule has 0 amide bonds. The molecule has 0 aliphatic carbocycles. The average Bonchev–Trinajstić information content (AvgIpc) is 2.01. The van der Waals surface area contributed by atoms with Crippen LogP contribution in [0.15, 0.2) is 18.2 Å². The monoisotopic (exact) mass is 204 g/mol. The number of hydrogen-bond donors (Lipinski definition) is 1. The van der Waals surface area contributed by atoms with Gasteiger partial charge in [-0.3, -0.25) is 0 Å². The van der Waals surface area contributed by atoms with Crippen molar-refractivity contribution in [3.05, 3.63) is 34.9 Å². The third-order valence-corrected chi connectivity index (χ3v) is 1.78. The summed E-state index contributed by atoms with van der Waals surface area (Å²) in [6.07, 6.45) is -4.43. The second kappa shape index (κ2) is 3.32. The highest BCUT2D eigenvalue weighted by molar-refractivity contribution is 5.89. The minimum atomic E-state index is -4.43. The zero-order valence-electron chi connectivity index (χ0n) is 7.22. The Bertz CT molecular complexity index is 369. The van der Waals surface area contributed by atoms with Crippen LogP contribution in [0.5, 0.6) is 0 Å². The minimum Gasteiger partial charge on any atom is -0.478 e. The number of rotatable bonds is 1. The highest BCUT2D eigenvalue weighted by Crippen LogP contribution is 2.30. The molecular formula is C9H7F3O2. The molecule has 5 heteroatoms. The van der Waals surface area contributed by atoms with E-state index in [1.165, 1.54) is 6.92 Å². The molecule has 0 saturated heterocycles. The maximum atomic E-state index is 12.2. The Morgan fingerprint density at radius 2 is 1.93 bits per heavy atom. The lowest BCUT2D eigenvalue weighted by molar-refractivity contribution is -0.137. The van der Waals surface area contributed by atoms with Crippen LogP contribution in [0.3, 0.4) is 0 Å². The molecule has 1 N–H and O–H groups in total. The molecule has 0 heterocycles. The second-order valence-electron chi connectivity index (χ2n) is 2.83. The van der Waals surface area contributed by atoms with E-state index in [1.807, 2.05) is 0 Å². The van der Waals surface area contributed by atoms with E-state index in [4.69, 9.17) is 5.11 Å². The van der Waals surface area contributed by atoms with Crippen molar-refractivity contribution in [2.24, 2.45) is 0 Å². The number of hydrogen-bond acceptors (Lipinski definition) is 1. The van der Waals surface area contributed by atoms with Gasteiger partial charge in [0.15, 0.2) is 0 Å². The number of carboxylic acid groups (broad SMARTS) is 1. The first kappa shape index (κ1) is 10.6. The normalized spacial score (nSPS) is 11.4. The van der Waals surface area contributed by atoms with E-state index in [0.29, 0.717) is 0 Å². The van der Waals surface area contributed by atoms with Gasteiger partial charge in [0.1, 0.15) is 0 Å². The fourth-order valence-electron chi connectivity index (χ4n) is 1.08. The number of aromatic carboxylic acids is 1. The van der Waals surface area contributed by atoms with Crippen LogP contribution in [-0.4, -0.2) is 11.1 Å². The van der Waals surface area contributed by atoms with Crippen molar-refractivity contribution < 1.29 is 23.1 Å². The van der Waals surface area contributed by atoms with E-state index in [9.17, 15) is 18.0 Å². The first-order valence-electron chi connectivity index (χ1n) is 3.73. The molecule has 0 spiro atoms. The van der Waals surface area contributed by atoms with Crippen LogP contribution in [0, 0.1) is 6.92 Å². The van der Waals surface area contributed by atoms with Crippen LogP contribution >= 0.6 is 0 Å². The highest BCUT2D eigenvalue weighted by Gasteiger charge is 2.30. The van der Waals surface area contributed by atoms with Crippen molar-refractivity contribution in [2.75, 3.05) is 0 Å². The quantitative estimate of drug-likeness (QED) is 0.763. The van der Waals surface area contributed by atoms with E-state index in [-0.39, 0.29) is 11.1 Å². The van der Waals surface area contributed by atoms with Crippen molar-refractivity contribution in [2.45, 2.75) is 13.1 Å². The predicted octanol–water partition coefficient (Wildman–Crippen LogP) is 2.71. The number of carbonyl (C=O) groups is 1. The SMILES string of the molecule is Cc1cc(C(F)(F)F)ccc1C(=O)O. The Kier molecular flexibility index (Phi) is 2.51. The molecule has 76 valence electrons. The van der Waals surface area contributed by atoms with Gasteiger partial charge in [-0.1, -0.05) is 0 Å². The third kappa shape index (κ3) is 2.04. The van der Waals surface area contributed by atoms with Gasteiger partial charge < -0.3 is 5.11 Å². The summed E-state index contributed by atoms with van der Waals surface area (Å²) in [6.45, 7) is 1.33. The van der Waals surface area contributed by atoms with Gasteiger partial charge in [-0.2, -0.15) is 13.2 Å². The maximum absolute atomic E-state index is 12.2. The molecule has 1 aromatic carbocycles. The third-order valence-electron chi connectivity index (χ3n) is 1.78. The van der Waals surface area contributed by atoms with Crippen molar-refractivity contribution in [3.8, 4) is 0 Å². The van der Waals surface area contributed by atoms with Crippen LogP contribution in [-0.2, 0) is 6.18 Å². The Labute approximate surface area is 78.0 Å². The van der Waals surface area contributed by atoms with Crippen molar-refractivity contribution in [3.63, 3.8) is 0 Å². The number of aryl methyl sites for hydroxylation is 1. The van der Waals surface area contributed by atoms with Gasteiger partial charge in [-0.25, -0.2) is 4.79 Å². The lowest BCUT2D eigenvalue weighted by Crippen LogP contribution is -2.07. The zero-order valence-corrected chi connectivity index (χ0v) is 7.22. The Balaban J connectivity index is 3.20. The van der Waals surface area contributed by atoms with Gasteiger partial charge in [0.05, 0.1) is 11.1 Å². The van der Waals surface area contributed by atoms with Gasteiger partial charge >= 0.3 is 12.1 Å². The fraction of sp³-hybridized carbons (Fsp3) is 0.222. The van der Waals surface area contributed by atoms with E-state index in [2.05, 4.69) is 0 Å². The van der Waals surface area contributed by atoms with Gasteiger partial charge in [-0.15, -0.1) is 0 Å². The van der Waals surface area contributed by atoms with Gasteiger partial charge in [-0.05, 0) is 30.7 Å². The van der Waals surface area contributed by atoms with E-state index in [1.54, 1.807) is 0 Å². The molecule has 2 nitrogen and oxygen atoms in total. The zero-order chi connectivity index (χ0) is 10.9. The summed E-state index contributed by atoms with van der Waals surface area (Å²) in [5, 5.41) is 8.58. The minimum absolute atomic E-state index is 0.104. The van der Waals surface area contributed by atoms with Gasteiger partial charge in [0, 0.05) is 0 Å². The molecule has 0 unspecified atom stereocenters. The summed E-state index contributed by atoms with van der Waals surface area (Å²) in [5.41, 5.74) is -0.842. The van der Waals surface area contributed by atoms with Crippen molar-refractivity contribution in [1.82, 2.24) is 0 Å². The lowest BCUT2D eigenvalue weighted by atomic mass is 10.1. The van der Waals surface area contributed by atoms with Crippen LogP contribution in [0.1, 0.15) is 21.5 Å². The molecule has 0 bridgehead atoms. The number of carboxylic acids is 1. The summed E-state index contributed by atoms with van der Waals surface area (Å²) < 4.78 is 36.5. The lowest BCUT2D eigenvalue weighted by Gasteiger charge is -2.08. The molecule has 0 radical (unpaired) electrons. The van der Waals surface area contributed by atoms with E-state index >= 15 is 0 Å². The summed E-state index contributed by atoms with van der Waals surface area (Å²) in [5.74, 6) is -1.23. The molecule has 0 fully saturated rings. The fourth-order valence-corrected chi connectivity index (χ4v) is 1.08. The van der Waals surface area contributed by atoms with Gasteiger partial charge in [0.25, 0.3) is 0 Å². The molecule has 0 saturated carbocycles. The van der Waals surface area contributed by atoms with E-state index in [0.717, 1.165) is 18.2 Å². The molecule has 14 heavy (non-hydrogen) atoms. The molecular weight excluding hydrogens is 197 g/mol. The Morgan fingerprint density at radius 1 is 1.36 bits per heavy atom. The second-order valence-corrected chi connectivity index (χ2v) is 2.83. The summed E-state index contributed by atoms with van der Waals surface area (Å²) in [4.78, 5) is 10.5. The van der Waals surface area contributed by atoms with Crippen LogP contribution < -0.4 is 0 Å². The van der Waals surface area contributed by atoms with Crippen molar-refractivity contribution >= 4 is 5.97 Å². The molecule has 0 atom stereocenters. The van der Waals surface area contributed by atoms with Crippen LogP contribution in [0.4, 0.5) is 13.2 Å². The standard InChI is InChI=1S/C9H7F3O2/c1-5-4-6(9(10,11)12)2-3-7(5)8(13)14/h2-4H,1H3,(H,13,14). The summed E-state index contributed by atoms with van der Waals surface area (Å²) >= 11 is 0. The van der Waals surface area contributed by atoms with Crippen LogP contribution in [0.25, 0.3) is 0 Å². The molecule has 0 aromatic heterocycles. The molecule has 1 rings (SSSR count). The first-order valence-corrected chi connectivity index (χ1v) is 3.73. The molecule has 1 aromatic rings. The van der Waals surface area contributed by atoms with Crippen molar-refractivity contribution in [1.29, 1.82) is 0 Å². The summed E-state index contributed by atoms with van der Waals surface area (Å²) in [6, 6.07) is 2.54. The Hall–Kier alpha value is -1.52. The summed E-state index contributed by atoms with van der Waals surface area (Å²) in [7, 11) is 0. The van der Waals surface area contributed by atoms with E-state index < -0.39 is 17.7 Å². The number of halogens is 3. The molecule has 0 aliphatic rings. The maximum Gasteiger partial charge on any atom is 0.416 e. The van der Waals surface area contributed by atoms with Gasteiger partial charge in [0.2, 0.25) is 0 Å². The topological polar surface area (TPSA) is 37.3 Å². The number of benzene rings is 1. The highest BCUT2D eigenvalue weighted by atomic mass is 19.4. The number of alkyl halides is 3. The Morgan fingerprint density at radius 3 is 2.29 bits per heavy atom. The molecule has 0 aliphatic heterocycles. The largest absolute Gasteiger partial charge is 0.478 e. The predicted molar refractivity (Wildman–Crippen MR) is 43.1 cm³/mol. The first-order chi connectivity index (χ1) is 6.32. The smallest absolute Gasteiger partial charge is 0.416 e. The average molecular weight is 204 g/mol. The van der Waals surface area contributed by atoms with Crippen LogP contribution in [0.2, 0.25) is 0 Å².